The lowest BCUT2D eigenvalue weighted by atomic mass is 9.80. The minimum absolute atomic E-state index is 0.250. The monoisotopic (exact) mass is 266 g/mol. The zero-order valence-corrected chi connectivity index (χ0v) is 12.0. The summed E-state index contributed by atoms with van der Waals surface area (Å²) in [6, 6.07) is 0.945. The number of pyridine rings is 1. The van der Waals surface area contributed by atoms with Crippen molar-refractivity contribution >= 4 is 12.6 Å². The van der Waals surface area contributed by atoms with Gasteiger partial charge in [-0.25, -0.2) is 4.39 Å². The van der Waals surface area contributed by atoms with Gasteiger partial charge in [0, 0.05) is 17.7 Å². The molecule has 1 aliphatic rings. The molecule has 1 aliphatic heterocycles. The molecule has 0 amide bonds. The average Bonchev–Trinajstić information content (AvgIpc) is 2.47. The molecule has 0 spiro atoms. The fraction of sp³-hybridized carbons (Fsp3) is 0.615. The Labute approximate surface area is 113 Å². The number of nitrogens with zero attached hydrogens (tertiary/aromatic N) is 1. The van der Waals surface area contributed by atoms with E-state index in [1.54, 1.807) is 13.1 Å². The second-order valence-corrected chi connectivity index (χ2v) is 6.01. The maximum Gasteiger partial charge on any atom is 0.496 e. The van der Waals surface area contributed by atoms with Crippen LogP contribution in [0.5, 0.6) is 0 Å². The second-order valence-electron chi connectivity index (χ2n) is 6.01. The van der Waals surface area contributed by atoms with Crippen molar-refractivity contribution in [1.29, 1.82) is 0 Å². The molecule has 1 atom stereocenters. The molecule has 104 valence electrons. The SMILES string of the molecule is CC(N)c1ncc(B2OC(C)(C)C(C)(C)O2)cc1F. The van der Waals surface area contributed by atoms with E-state index < -0.39 is 30.2 Å². The van der Waals surface area contributed by atoms with Crippen LogP contribution < -0.4 is 11.2 Å². The van der Waals surface area contributed by atoms with Gasteiger partial charge in [-0.15, -0.1) is 0 Å². The lowest BCUT2D eigenvalue weighted by Crippen LogP contribution is -2.41. The molecule has 1 aromatic rings. The van der Waals surface area contributed by atoms with Crippen molar-refractivity contribution in [2.24, 2.45) is 5.73 Å². The molecule has 2 rings (SSSR count). The summed E-state index contributed by atoms with van der Waals surface area (Å²) >= 11 is 0. The first kappa shape index (κ1) is 14.4. The van der Waals surface area contributed by atoms with Crippen LogP contribution in [0.25, 0.3) is 0 Å². The molecule has 1 saturated heterocycles. The Morgan fingerprint density at radius 1 is 1.26 bits per heavy atom. The average molecular weight is 266 g/mol. The molecule has 2 N–H and O–H groups in total. The van der Waals surface area contributed by atoms with Crippen LogP contribution in [0, 0.1) is 5.82 Å². The molecule has 4 nitrogen and oxygen atoms in total. The van der Waals surface area contributed by atoms with Gasteiger partial charge in [-0.2, -0.15) is 0 Å². The fourth-order valence-electron chi connectivity index (χ4n) is 1.91. The van der Waals surface area contributed by atoms with Crippen molar-refractivity contribution in [3.05, 3.63) is 23.8 Å². The lowest BCUT2D eigenvalue weighted by Gasteiger charge is -2.32. The molecule has 1 aromatic heterocycles. The van der Waals surface area contributed by atoms with E-state index in [1.165, 1.54) is 6.07 Å². The van der Waals surface area contributed by atoms with Gasteiger partial charge < -0.3 is 15.0 Å². The van der Waals surface area contributed by atoms with E-state index in [1.807, 2.05) is 27.7 Å². The van der Waals surface area contributed by atoms with Gasteiger partial charge in [-0.05, 0) is 40.7 Å². The minimum Gasteiger partial charge on any atom is -0.399 e. The second kappa shape index (κ2) is 4.54. The maximum atomic E-state index is 13.9. The van der Waals surface area contributed by atoms with E-state index in [9.17, 15) is 4.39 Å². The van der Waals surface area contributed by atoms with Crippen molar-refractivity contribution in [1.82, 2.24) is 4.98 Å². The molecule has 1 fully saturated rings. The Kier molecular flexibility index (Phi) is 3.45. The summed E-state index contributed by atoms with van der Waals surface area (Å²) < 4.78 is 25.6. The first-order valence-corrected chi connectivity index (χ1v) is 6.40. The quantitative estimate of drug-likeness (QED) is 0.825. The van der Waals surface area contributed by atoms with Crippen LogP contribution in [0.4, 0.5) is 4.39 Å². The third-order valence-corrected chi connectivity index (χ3v) is 3.85. The fourth-order valence-corrected chi connectivity index (χ4v) is 1.91. The Hall–Kier alpha value is -0.975. The largest absolute Gasteiger partial charge is 0.496 e. The molecular formula is C13H20BFN2O2. The van der Waals surface area contributed by atoms with Gasteiger partial charge in [0.1, 0.15) is 5.82 Å². The molecule has 2 heterocycles. The molecule has 0 bridgehead atoms. The summed E-state index contributed by atoms with van der Waals surface area (Å²) in [7, 11) is -0.603. The van der Waals surface area contributed by atoms with E-state index >= 15 is 0 Å². The Bertz CT molecular complexity index is 476. The van der Waals surface area contributed by atoms with Gasteiger partial charge in [0.25, 0.3) is 0 Å². The third-order valence-electron chi connectivity index (χ3n) is 3.85. The predicted octanol–water partition coefficient (Wildman–Crippen LogP) is 1.54. The lowest BCUT2D eigenvalue weighted by molar-refractivity contribution is 0.00578. The summed E-state index contributed by atoms with van der Waals surface area (Å²) in [5, 5.41) is 0. The number of halogens is 1. The highest BCUT2D eigenvalue weighted by molar-refractivity contribution is 6.62. The molecule has 0 saturated carbocycles. The van der Waals surface area contributed by atoms with E-state index in [-0.39, 0.29) is 5.69 Å². The molecule has 1 unspecified atom stereocenters. The van der Waals surface area contributed by atoms with Crippen molar-refractivity contribution in [3.63, 3.8) is 0 Å². The maximum absolute atomic E-state index is 13.9. The van der Waals surface area contributed by atoms with Gasteiger partial charge in [0.15, 0.2) is 0 Å². The van der Waals surface area contributed by atoms with Crippen molar-refractivity contribution in [3.8, 4) is 0 Å². The summed E-state index contributed by atoms with van der Waals surface area (Å²) in [6.45, 7) is 9.50. The third kappa shape index (κ3) is 2.52. The van der Waals surface area contributed by atoms with Crippen molar-refractivity contribution < 1.29 is 13.7 Å². The highest BCUT2D eigenvalue weighted by Crippen LogP contribution is 2.36. The number of hydrogen-bond acceptors (Lipinski definition) is 4. The van der Waals surface area contributed by atoms with Crippen LogP contribution in [-0.4, -0.2) is 23.3 Å². The first-order chi connectivity index (χ1) is 8.64. The van der Waals surface area contributed by atoms with Crippen molar-refractivity contribution in [2.75, 3.05) is 0 Å². The standard InChI is InChI=1S/C13H20BFN2O2/c1-8(16)11-10(15)6-9(7-17-11)14-18-12(2,3)13(4,5)19-14/h6-8H,16H2,1-5H3. The van der Waals surface area contributed by atoms with Gasteiger partial charge in [0.2, 0.25) is 0 Å². The highest BCUT2D eigenvalue weighted by Gasteiger charge is 2.51. The smallest absolute Gasteiger partial charge is 0.399 e. The Balaban J connectivity index is 2.28. The Morgan fingerprint density at radius 3 is 2.21 bits per heavy atom. The molecule has 0 radical (unpaired) electrons. The number of nitrogens with two attached hydrogens (primary N) is 1. The molecule has 6 heteroatoms. The van der Waals surface area contributed by atoms with Crippen LogP contribution in [0.3, 0.4) is 0 Å². The summed E-state index contributed by atoms with van der Waals surface area (Å²) in [4.78, 5) is 4.06. The van der Waals surface area contributed by atoms with E-state index in [4.69, 9.17) is 15.0 Å². The van der Waals surface area contributed by atoms with Crippen LogP contribution in [0.15, 0.2) is 12.3 Å². The van der Waals surface area contributed by atoms with Crippen molar-refractivity contribution in [2.45, 2.75) is 51.9 Å². The Morgan fingerprint density at radius 2 is 1.79 bits per heavy atom. The molecule has 0 aromatic carbocycles. The number of hydrogen-bond donors (Lipinski definition) is 1. The van der Waals surface area contributed by atoms with Crippen LogP contribution in [0.1, 0.15) is 46.4 Å². The van der Waals surface area contributed by atoms with Gasteiger partial charge >= 0.3 is 7.12 Å². The van der Waals surface area contributed by atoms with Gasteiger partial charge in [-0.1, -0.05) is 0 Å². The van der Waals surface area contributed by atoms with E-state index in [0.717, 1.165) is 0 Å². The van der Waals surface area contributed by atoms with E-state index in [0.29, 0.717) is 5.46 Å². The van der Waals surface area contributed by atoms with E-state index in [2.05, 4.69) is 4.98 Å². The molecular weight excluding hydrogens is 246 g/mol. The first-order valence-electron chi connectivity index (χ1n) is 6.40. The summed E-state index contributed by atoms with van der Waals surface area (Å²) in [5.41, 5.74) is 5.56. The summed E-state index contributed by atoms with van der Waals surface area (Å²) in [5.74, 6) is -0.429. The topological polar surface area (TPSA) is 57.4 Å². The van der Waals surface area contributed by atoms with Gasteiger partial charge in [0.05, 0.1) is 16.9 Å². The van der Waals surface area contributed by atoms with Crippen LogP contribution in [0.2, 0.25) is 0 Å². The van der Waals surface area contributed by atoms with Crippen LogP contribution in [-0.2, 0) is 9.31 Å². The number of rotatable bonds is 2. The van der Waals surface area contributed by atoms with Crippen LogP contribution >= 0.6 is 0 Å². The summed E-state index contributed by atoms with van der Waals surface area (Å²) in [6.07, 6.45) is 1.56. The molecule has 0 aliphatic carbocycles. The zero-order valence-electron chi connectivity index (χ0n) is 12.0. The predicted molar refractivity (Wildman–Crippen MR) is 72.5 cm³/mol. The highest BCUT2D eigenvalue weighted by atomic mass is 19.1. The molecule has 19 heavy (non-hydrogen) atoms. The van der Waals surface area contributed by atoms with Gasteiger partial charge in [-0.3, -0.25) is 4.98 Å². The number of aromatic nitrogens is 1. The normalized spacial score (nSPS) is 22.6. The zero-order chi connectivity index (χ0) is 14.4. The minimum atomic E-state index is -0.603.